The molecule has 2 aromatic carbocycles. The molecule has 1 amide bonds. The van der Waals surface area contributed by atoms with Gasteiger partial charge in [0, 0.05) is 26.2 Å². The normalized spacial score (nSPS) is 14.1. The van der Waals surface area contributed by atoms with Crippen LogP contribution in [0.5, 0.6) is 5.75 Å². The van der Waals surface area contributed by atoms with Gasteiger partial charge in [-0.25, -0.2) is 4.39 Å². The van der Waals surface area contributed by atoms with Gasteiger partial charge in [-0.3, -0.25) is 19.8 Å². The van der Waals surface area contributed by atoms with Crippen molar-refractivity contribution >= 4 is 23.0 Å². The molecule has 2 aromatic rings. The first-order chi connectivity index (χ1) is 14.4. The summed E-state index contributed by atoms with van der Waals surface area (Å²) in [6.07, 6.45) is 0. The number of nitro groups is 1. The Morgan fingerprint density at radius 2 is 2.00 bits per heavy atom. The van der Waals surface area contributed by atoms with E-state index in [1.165, 1.54) is 31.4 Å². The van der Waals surface area contributed by atoms with E-state index in [0.717, 1.165) is 0 Å². The van der Waals surface area contributed by atoms with Crippen LogP contribution in [0.2, 0.25) is 0 Å². The second kappa shape index (κ2) is 9.19. The fourth-order valence-corrected chi connectivity index (χ4v) is 3.27. The number of amides is 1. The molecule has 0 saturated carbocycles. The van der Waals surface area contributed by atoms with E-state index in [1.54, 1.807) is 12.1 Å². The van der Waals surface area contributed by atoms with E-state index in [2.05, 4.69) is 5.32 Å². The average Bonchev–Trinajstić information content (AvgIpc) is 2.74. The van der Waals surface area contributed by atoms with Crippen LogP contribution in [0.1, 0.15) is 5.56 Å². The van der Waals surface area contributed by atoms with Crippen LogP contribution in [-0.4, -0.2) is 55.6 Å². The lowest BCUT2D eigenvalue weighted by molar-refractivity contribution is -0.384. The molecule has 10 heteroatoms. The van der Waals surface area contributed by atoms with Gasteiger partial charge in [0.2, 0.25) is 5.91 Å². The molecule has 0 aromatic heterocycles. The van der Waals surface area contributed by atoms with E-state index < -0.39 is 10.7 Å². The number of hydrogen-bond acceptors (Lipinski definition) is 7. The van der Waals surface area contributed by atoms with Crippen LogP contribution in [0, 0.1) is 27.3 Å². The molecule has 0 atom stereocenters. The van der Waals surface area contributed by atoms with Crippen LogP contribution in [-0.2, 0) is 4.79 Å². The maximum Gasteiger partial charge on any atom is 0.296 e. The Bertz CT molecular complexity index is 999. The number of benzene rings is 2. The number of rotatable bonds is 6. The van der Waals surface area contributed by atoms with Gasteiger partial charge >= 0.3 is 0 Å². The average molecular weight is 413 g/mol. The summed E-state index contributed by atoms with van der Waals surface area (Å²) in [4.78, 5) is 26.8. The molecular weight excluding hydrogens is 393 g/mol. The number of nitrogens with zero attached hydrogens (tertiary/aromatic N) is 4. The topological polar surface area (TPSA) is 112 Å². The van der Waals surface area contributed by atoms with Crippen molar-refractivity contribution in [3.63, 3.8) is 0 Å². The lowest BCUT2D eigenvalue weighted by Crippen LogP contribution is -2.49. The number of hydrogen-bond donors (Lipinski definition) is 1. The fourth-order valence-electron chi connectivity index (χ4n) is 3.27. The molecule has 0 aliphatic carbocycles. The Labute approximate surface area is 172 Å². The smallest absolute Gasteiger partial charge is 0.296 e. The molecule has 0 unspecified atom stereocenters. The molecule has 1 saturated heterocycles. The zero-order valence-corrected chi connectivity index (χ0v) is 16.3. The Balaban J connectivity index is 1.57. The monoisotopic (exact) mass is 413 g/mol. The van der Waals surface area contributed by atoms with Gasteiger partial charge in [0.15, 0.2) is 0 Å². The first-order valence-electron chi connectivity index (χ1n) is 9.20. The SMILES string of the molecule is COc1ccc(NC(=O)CN2CCN(c3ccc(C#N)cc3F)CC2)c([N+](=O)[O-])c1. The quantitative estimate of drug-likeness (QED) is 0.572. The number of carbonyl (C=O) groups excluding carboxylic acids is 1. The number of piperazine rings is 1. The summed E-state index contributed by atoms with van der Waals surface area (Å²) in [5, 5.41) is 22.7. The van der Waals surface area contributed by atoms with Crippen LogP contribution in [0.4, 0.5) is 21.5 Å². The predicted molar refractivity (Wildman–Crippen MR) is 108 cm³/mol. The Hall–Kier alpha value is -3.71. The van der Waals surface area contributed by atoms with Gasteiger partial charge in [-0.2, -0.15) is 5.26 Å². The molecule has 1 aliphatic heterocycles. The second-order valence-electron chi connectivity index (χ2n) is 6.73. The van der Waals surface area contributed by atoms with Gasteiger partial charge in [0.1, 0.15) is 17.3 Å². The van der Waals surface area contributed by atoms with Crippen molar-refractivity contribution in [1.29, 1.82) is 5.26 Å². The first-order valence-corrected chi connectivity index (χ1v) is 9.20. The van der Waals surface area contributed by atoms with E-state index in [9.17, 15) is 19.3 Å². The lowest BCUT2D eigenvalue weighted by Gasteiger charge is -2.35. The molecule has 1 fully saturated rings. The molecule has 9 nitrogen and oxygen atoms in total. The third-order valence-corrected chi connectivity index (χ3v) is 4.83. The number of halogens is 1. The molecule has 156 valence electrons. The van der Waals surface area contributed by atoms with Gasteiger partial charge in [0.25, 0.3) is 5.69 Å². The van der Waals surface area contributed by atoms with Gasteiger partial charge < -0.3 is 15.0 Å². The van der Waals surface area contributed by atoms with E-state index in [4.69, 9.17) is 10.00 Å². The van der Waals surface area contributed by atoms with Crippen molar-refractivity contribution in [2.75, 3.05) is 50.1 Å². The summed E-state index contributed by atoms with van der Waals surface area (Å²) >= 11 is 0. The van der Waals surface area contributed by atoms with Crippen LogP contribution in [0.25, 0.3) is 0 Å². The molecule has 0 spiro atoms. The first kappa shape index (κ1) is 21.0. The second-order valence-corrected chi connectivity index (χ2v) is 6.73. The summed E-state index contributed by atoms with van der Waals surface area (Å²) in [6, 6.07) is 10.5. The molecule has 1 aliphatic rings. The highest BCUT2D eigenvalue weighted by Gasteiger charge is 2.23. The number of nitro benzene ring substituents is 1. The summed E-state index contributed by atoms with van der Waals surface area (Å²) in [6.45, 7) is 2.14. The van der Waals surface area contributed by atoms with E-state index >= 15 is 0 Å². The summed E-state index contributed by atoms with van der Waals surface area (Å²) in [7, 11) is 1.40. The highest BCUT2D eigenvalue weighted by molar-refractivity contribution is 5.94. The highest BCUT2D eigenvalue weighted by atomic mass is 19.1. The molecule has 0 bridgehead atoms. The summed E-state index contributed by atoms with van der Waals surface area (Å²) in [5.41, 5.74) is 0.541. The largest absolute Gasteiger partial charge is 0.496 e. The number of ether oxygens (including phenoxy) is 1. The van der Waals surface area contributed by atoms with E-state index in [1.807, 2.05) is 15.9 Å². The summed E-state index contributed by atoms with van der Waals surface area (Å²) in [5.74, 6) is -0.501. The summed E-state index contributed by atoms with van der Waals surface area (Å²) < 4.78 is 19.2. The zero-order chi connectivity index (χ0) is 21.7. The molecule has 1 heterocycles. The highest BCUT2D eigenvalue weighted by Crippen LogP contribution is 2.29. The van der Waals surface area contributed by atoms with Gasteiger partial charge in [-0.1, -0.05) is 0 Å². The van der Waals surface area contributed by atoms with Gasteiger partial charge in [-0.05, 0) is 30.3 Å². The Morgan fingerprint density at radius 3 is 2.60 bits per heavy atom. The number of carbonyl (C=O) groups is 1. The van der Waals surface area contributed by atoms with Crippen molar-refractivity contribution < 1.29 is 18.8 Å². The third-order valence-electron chi connectivity index (χ3n) is 4.83. The van der Waals surface area contributed by atoms with Crippen molar-refractivity contribution in [2.45, 2.75) is 0 Å². The minimum atomic E-state index is -0.580. The van der Waals surface area contributed by atoms with Crippen molar-refractivity contribution in [2.24, 2.45) is 0 Å². The van der Waals surface area contributed by atoms with Gasteiger partial charge in [-0.15, -0.1) is 0 Å². The molecule has 0 radical (unpaired) electrons. The number of methoxy groups -OCH3 is 1. The van der Waals surface area contributed by atoms with Crippen LogP contribution < -0.4 is 15.0 Å². The van der Waals surface area contributed by atoms with Crippen molar-refractivity contribution in [1.82, 2.24) is 4.90 Å². The van der Waals surface area contributed by atoms with Gasteiger partial charge in [0.05, 0.1) is 42.0 Å². The van der Waals surface area contributed by atoms with Crippen molar-refractivity contribution in [3.05, 3.63) is 57.9 Å². The molecule has 30 heavy (non-hydrogen) atoms. The standard InChI is InChI=1S/C20H20FN5O4/c1-30-15-3-4-17(19(11-15)26(28)29)23-20(27)13-24-6-8-25(9-7-24)18-5-2-14(12-22)10-16(18)21/h2-5,10-11H,6-9,13H2,1H3,(H,23,27). The number of nitriles is 1. The zero-order valence-electron chi connectivity index (χ0n) is 16.3. The maximum absolute atomic E-state index is 14.2. The van der Waals surface area contributed by atoms with Crippen LogP contribution in [0.15, 0.2) is 36.4 Å². The number of anilines is 2. The minimum Gasteiger partial charge on any atom is -0.496 e. The van der Waals surface area contributed by atoms with Crippen LogP contribution in [0.3, 0.4) is 0 Å². The number of nitrogens with one attached hydrogen (secondary N) is 1. The third kappa shape index (κ3) is 4.82. The Morgan fingerprint density at radius 1 is 1.27 bits per heavy atom. The molecular formula is C20H20FN5O4. The molecule has 3 rings (SSSR count). The lowest BCUT2D eigenvalue weighted by atomic mass is 10.2. The maximum atomic E-state index is 14.2. The molecule has 1 N–H and O–H groups in total. The van der Waals surface area contributed by atoms with E-state index in [0.29, 0.717) is 37.6 Å². The Kier molecular flexibility index (Phi) is 6.44. The van der Waals surface area contributed by atoms with E-state index in [-0.39, 0.29) is 29.4 Å². The van der Waals surface area contributed by atoms with Crippen molar-refractivity contribution in [3.8, 4) is 11.8 Å². The minimum absolute atomic E-state index is 0.0624. The van der Waals surface area contributed by atoms with Crippen LogP contribution >= 0.6 is 0 Å². The fraction of sp³-hybridized carbons (Fsp3) is 0.300. The predicted octanol–water partition coefficient (Wildman–Crippen LogP) is 2.37.